The van der Waals surface area contributed by atoms with Crippen LogP contribution in [0.5, 0.6) is 0 Å². The second-order valence-corrected chi connectivity index (χ2v) is 8.02. The number of nitrogens with one attached hydrogen (secondary N) is 1. The minimum Gasteiger partial charge on any atom is -0.266 e. The number of carbonyl (C=O) groups is 1. The topological polar surface area (TPSA) is 41.5 Å². The molecule has 2 aromatic carbocycles. The lowest BCUT2D eigenvalue weighted by molar-refractivity contribution is 0.0959. The van der Waals surface area contributed by atoms with Gasteiger partial charge in [0.15, 0.2) is 0 Å². The van der Waals surface area contributed by atoms with Gasteiger partial charge in [0.05, 0.1) is 11.1 Å². The molecule has 1 aliphatic rings. The van der Waals surface area contributed by atoms with Crippen LogP contribution in [0, 0.1) is 5.92 Å². The van der Waals surface area contributed by atoms with Gasteiger partial charge in [-0.2, -0.15) is 5.10 Å². The zero-order valence-electron chi connectivity index (χ0n) is 14.9. The highest BCUT2D eigenvalue weighted by molar-refractivity contribution is 7.14. The number of fused-ring (bicyclic) bond motifs is 2. The molecule has 3 nitrogen and oxygen atoms in total. The highest BCUT2D eigenvalue weighted by atomic mass is 32.1. The van der Waals surface area contributed by atoms with Gasteiger partial charge in [-0.1, -0.05) is 49.7 Å². The molecule has 1 atom stereocenters. The molecule has 0 saturated heterocycles. The van der Waals surface area contributed by atoms with Crippen LogP contribution in [-0.4, -0.2) is 12.1 Å². The average Bonchev–Trinajstić information content (AvgIpc) is 3.11. The van der Waals surface area contributed by atoms with E-state index in [9.17, 15) is 4.79 Å². The Morgan fingerprint density at radius 2 is 2.08 bits per heavy atom. The van der Waals surface area contributed by atoms with E-state index in [0.29, 0.717) is 0 Å². The van der Waals surface area contributed by atoms with Crippen LogP contribution in [-0.2, 0) is 12.8 Å². The highest BCUT2D eigenvalue weighted by Gasteiger charge is 2.21. The van der Waals surface area contributed by atoms with E-state index in [0.717, 1.165) is 29.2 Å². The quantitative estimate of drug-likeness (QED) is 0.504. The van der Waals surface area contributed by atoms with Crippen molar-refractivity contribution in [3.8, 4) is 0 Å². The van der Waals surface area contributed by atoms with Crippen molar-refractivity contribution < 1.29 is 4.79 Å². The van der Waals surface area contributed by atoms with Gasteiger partial charge in [0.25, 0.3) is 5.91 Å². The molecule has 1 heterocycles. The number of rotatable bonds is 4. The molecular weight excluding hydrogens is 340 g/mol. The Morgan fingerprint density at radius 1 is 1.23 bits per heavy atom. The fraction of sp³-hybridized carbons (Fsp3) is 0.273. The number of carbonyl (C=O) groups excluding carboxylic acids is 1. The van der Waals surface area contributed by atoms with Crippen molar-refractivity contribution >= 4 is 34.2 Å². The average molecular weight is 362 g/mol. The van der Waals surface area contributed by atoms with Crippen LogP contribution < -0.4 is 5.43 Å². The Balaban J connectivity index is 1.43. The number of hydrazone groups is 1. The van der Waals surface area contributed by atoms with Gasteiger partial charge in [0.1, 0.15) is 0 Å². The van der Waals surface area contributed by atoms with E-state index < -0.39 is 0 Å². The minimum absolute atomic E-state index is 0.116. The summed E-state index contributed by atoms with van der Waals surface area (Å²) in [4.78, 5) is 14.5. The Labute approximate surface area is 157 Å². The molecular formula is C22H22N2OS. The van der Waals surface area contributed by atoms with Gasteiger partial charge in [0, 0.05) is 4.88 Å². The van der Waals surface area contributed by atoms with Gasteiger partial charge < -0.3 is 0 Å². The van der Waals surface area contributed by atoms with E-state index in [2.05, 4.69) is 47.8 Å². The van der Waals surface area contributed by atoms with Crippen molar-refractivity contribution in [2.24, 2.45) is 11.0 Å². The molecule has 3 aromatic rings. The molecule has 0 radical (unpaired) electrons. The molecule has 1 aliphatic carbocycles. The van der Waals surface area contributed by atoms with Crippen molar-refractivity contribution in [3.05, 3.63) is 69.4 Å². The predicted molar refractivity (Wildman–Crippen MR) is 109 cm³/mol. The third-order valence-electron chi connectivity index (χ3n) is 5.14. The third kappa shape index (κ3) is 3.56. The molecule has 4 heteroatoms. The van der Waals surface area contributed by atoms with Crippen molar-refractivity contribution in [2.45, 2.75) is 32.6 Å². The third-order valence-corrected chi connectivity index (χ3v) is 6.38. The predicted octanol–water partition coefficient (Wildman–Crippen LogP) is 5.18. The first-order valence-corrected chi connectivity index (χ1v) is 9.98. The number of hydrogen-bond donors (Lipinski definition) is 1. The second kappa shape index (κ2) is 7.42. The van der Waals surface area contributed by atoms with E-state index in [1.54, 1.807) is 17.6 Å². The smallest absolute Gasteiger partial charge is 0.266 e. The number of aryl methyl sites for hydroxylation is 1. The molecule has 1 aromatic heterocycles. The molecule has 26 heavy (non-hydrogen) atoms. The largest absolute Gasteiger partial charge is 0.281 e. The SMILES string of the molecule is CC[C@@H]1CCc2sc(C(=O)N/N=C\c3ccc4ccccc4c3)cc2C1. The zero-order valence-corrected chi connectivity index (χ0v) is 15.7. The first-order valence-electron chi connectivity index (χ1n) is 9.16. The van der Waals surface area contributed by atoms with Crippen LogP contribution in [0.15, 0.2) is 53.6 Å². The Hall–Kier alpha value is -2.46. The maximum Gasteiger partial charge on any atom is 0.281 e. The summed E-state index contributed by atoms with van der Waals surface area (Å²) in [5.74, 6) is 0.647. The van der Waals surface area contributed by atoms with Crippen LogP contribution >= 0.6 is 11.3 Å². The van der Waals surface area contributed by atoms with E-state index in [4.69, 9.17) is 0 Å². The van der Waals surface area contributed by atoms with Crippen molar-refractivity contribution in [3.63, 3.8) is 0 Å². The summed E-state index contributed by atoms with van der Waals surface area (Å²) in [5.41, 5.74) is 5.00. The number of benzene rings is 2. The van der Waals surface area contributed by atoms with Gasteiger partial charge >= 0.3 is 0 Å². The molecule has 0 unspecified atom stereocenters. The molecule has 0 aliphatic heterocycles. The second-order valence-electron chi connectivity index (χ2n) is 6.88. The first-order chi connectivity index (χ1) is 12.7. The number of amides is 1. The zero-order chi connectivity index (χ0) is 17.9. The van der Waals surface area contributed by atoms with Gasteiger partial charge in [-0.05, 0) is 59.2 Å². The van der Waals surface area contributed by atoms with Crippen molar-refractivity contribution in [2.75, 3.05) is 0 Å². The van der Waals surface area contributed by atoms with Crippen LogP contribution in [0.2, 0.25) is 0 Å². The monoisotopic (exact) mass is 362 g/mol. The normalized spacial score (nSPS) is 16.7. The van der Waals surface area contributed by atoms with Crippen LogP contribution in [0.3, 0.4) is 0 Å². The Morgan fingerprint density at radius 3 is 2.92 bits per heavy atom. The molecule has 0 fully saturated rings. The summed E-state index contributed by atoms with van der Waals surface area (Å²) in [6, 6.07) is 16.4. The fourth-order valence-electron chi connectivity index (χ4n) is 3.57. The molecule has 4 rings (SSSR count). The summed E-state index contributed by atoms with van der Waals surface area (Å²) in [6.45, 7) is 2.25. The molecule has 132 valence electrons. The standard InChI is InChI=1S/C22H22N2OS/c1-2-15-8-10-20-19(11-15)13-21(26-20)22(25)24-23-14-16-7-9-17-5-3-4-6-18(17)12-16/h3-7,9,12-15H,2,8,10-11H2,1H3,(H,24,25)/b23-14-/t15-/m1/s1. The lowest BCUT2D eigenvalue weighted by atomic mass is 9.87. The molecule has 1 amide bonds. The van der Waals surface area contributed by atoms with E-state index in [-0.39, 0.29) is 5.91 Å². The minimum atomic E-state index is -0.116. The summed E-state index contributed by atoms with van der Waals surface area (Å²) in [5, 5.41) is 6.51. The van der Waals surface area contributed by atoms with Crippen LogP contribution in [0.4, 0.5) is 0 Å². The fourth-order valence-corrected chi connectivity index (χ4v) is 4.67. The summed E-state index contributed by atoms with van der Waals surface area (Å²) in [6.07, 6.45) is 6.37. The Kier molecular flexibility index (Phi) is 4.85. The van der Waals surface area contributed by atoms with E-state index in [1.807, 2.05) is 18.2 Å². The number of hydrogen-bond acceptors (Lipinski definition) is 3. The Bertz CT molecular complexity index is 973. The highest BCUT2D eigenvalue weighted by Crippen LogP contribution is 2.33. The molecule has 1 N–H and O–H groups in total. The maximum absolute atomic E-state index is 12.4. The lowest BCUT2D eigenvalue weighted by Crippen LogP contribution is -2.16. The summed E-state index contributed by atoms with van der Waals surface area (Å²) in [7, 11) is 0. The van der Waals surface area contributed by atoms with E-state index >= 15 is 0 Å². The van der Waals surface area contributed by atoms with Gasteiger partial charge in [-0.3, -0.25) is 4.79 Å². The summed E-state index contributed by atoms with van der Waals surface area (Å²) < 4.78 is 0. The molecule has 0 spiro atoms. The number of nitrogens with zero attached hydrogens (tertiary/aromatic N) is 1. The van der Waals surface area contributed by atoms with Gasteiger partial charge in [-0.15, -0.1) is 11.3 Å². The van der Waals surface area contributed by atoms with Crippen molar-refractivity contribution in [1.29, 1.82) is 0 Å². The van der Waals surface area contributed by atoms with Gasteiger partial charge in [-0.25, -0.2) is 5.43 Å². The van der Waals surface area contributed by atoms with E-state index in [1.165, 1.54) is 34.1 Å². The van der Waals surface area contributed by atoms with Gasteiger partial charge in [0.2, 0.25) is 0 Å². The van der Waals surface area contributed by atoms with Crippen molar-refractivity contribution in [1.82, 2.24) is 5.43 Å². The van der Waals surface area contributed by atoms with Crippen LogP contribution in [0.1, 0.15) is 45.4 Å². The molecule has 0 saturated carbocycles. The first kappa shape index (κ1) is 17.0. The summed E-state index contributed by atoms with van der Waals surface area (Å²) >= 11 is 1.62. The lowest BCUT2D eigenvalue weighted by Gasteiger charge is -2.19. The molecule has 0 bridgehead atoms. The number of thiophene rings is 1. The maximum atomic E-state index is 12.4. The van der Waals surface area contributed by atoms with Crippen LogP contribution in [0.25, 0.3) is 10.8 Å².